The number of rotatable bonds is 3. The van der Waals surface area contributed by atoms with Crippen molar-refractivity contribution in [3.05, 3.63) is 0 Å². The average Bonchev–Trinajstić information content (AvgIpc) is 3.13. The minimum absolute atomic E-state index is 0.110. The van der Waals surface area contributed by atoms with E-state index in [1.54, 1.807) is 0 Å². The second kappa shape index (κ2) is 8.18. The third kappa shape index (κ3) is 3.86. The quantitative estimate of drug-likeness (QED) is 0.763. The van der Waals surface area contributed by atoms with Crippen LogP contribution < -0.4 is 0 Å². The summed E-state index contributed by atoms with van der Waals surface area (Å²) in [5.41, 5.74) is 0. The molecule has 0 spiro atoms. The fourth-order valence-electron chi connectivity index (χ4n) is 5.30. The molecule has 5 heteroatoms. The molecule has 4 aliphatic rings. The van der Waals surface area contributed by atoms with Gasteiger partial charge in [-0.1, -0.05) is 6.42 Å². The van der Waals surface area contributed by atoms with Crippen molar-refractivity contribution in [2.24, 2.45) is 11.8 Å². The van der Waals surface area contributed by atoms with E-state index in [1.165, 1.54) is 25.7 Å². The summed E-state index contributed by atoms with van der Waals surface area (Å²) < 4.78 is 5.67. The van der Waals surface area contributed by atoms with Gasteiger partial charge in [-0.15, -0.1) is 0 Å². The number of likely N-dealkylation sites (tertiary alicyclic amines) is 2. The SMILES string of the molecule is O=C(OC1CCCC1)N1CCC(C2CCCCN2C(=O)C2CCC2)CC1. The van der Waals surface area contributed by atoms with Crippen molar-refractivity contribution < 1.29 is 14.3 Å². The van der Waals surface area contributed by atoms with Crippen molar-refractivity contribution in [3.63, 3.8) is 0 Å². The van der Waals surface area contributed by atoms with E-state index in [0.29, 0.717) is 23.8 Å². The monoisotopic (exact) mass is 362 g/mol. The molecular weight excluding hydrogens is 328 g/mol. The number of hydrogen-bond acceptors (Lipinski definition) is 3. The lowest BCUT2D eigenvalue weighted by molar-refractivity contribution is -0.144. The smallest absolute Gasteiger partial charge is 0.410 e. The lowest BCUT2D eigenvalue weighted by Gasteiger charge is -2.45. The molecule has 4 fully saturated rings. The molecule has 2 saturated carbocycles. The largest absolute Gasteiger partial charge is 0.446 e. The Kier molecular flexibility index (Phi) is 5.70. The lowest BCUT2D eigenvalue weighted by atomic mass is 9.80. The predicted molar refractivity (Wildman–Crippen MR) is 99.7 cm³/mol. The molecule has 4 rings (SSSR count). The Morgan fingerprint density at radius 3 is 2.08 bits per heavy atom. The standard InChI is InChI=1S/C21H34N2O3/c24-20(17-6-5-7-17)23-13-4-3-10-19(23)16-11-14-22(15-12-16)21(25)26-18-8-1-2-9-18/h16-19H,1-15H2. The highest BCUT2D eigenvalue weighted by Crippen LogP contribution is 2.35. The number of nitrogens with zero attached hydrogens (tertiary/aromatic N) is 2. The first-order valence-corrected chi connectivity index (χ1v) is 11.0. The van der Waals surface area contributed by atoms with Gasteiger partial charge in [-0.3, -0.25) is 4.79 Å². The number of piperidine rings is 2. The first-order valence-electron chi connectivity index (χ1n) is 11.0. The molecule has 1 atom stereocenters. The maximum atomic E-state index is 12.8. The maximum absolute atomic E-state index is 12.8. The lowest BCUT2D eigenvalue weighted by Crippen LogP contribution is -2.53. The summed E-state index contributed by atoms with van der Waals surface area (Å²) in [7, 11) is 0. The fraction of sp³-hybridized carbons (Fsp3) is 0.905. The van der Waals surface area contributed by atoms with Crippen LogP contribution in [-0.4, -0.2) is 53.6 Å². The molecule has 2 saturated heterocycles. The van der Waals surface area contributed by atoms with E-state index in [1.807, 2.05) is 4.90 Å². The second-order valence-electron chi connectivity index (χ2n) is 8.84. The fourth-order valence-corrected chi connectivity index (χ4v) is 5.30. The van der Waals surface area contributed by atoms with E-state index in [0.717, 1.165) is 71.0 Å². The summed E-state index contributed by atoms with van der Waals surface area (Å²) in [5, 5.41) is 0. The molecule has 1 unspecified atom stereocenters. The highest BCUT2D eigenvalue weighted by Gasteiger charge is 2.39. The number of ether oxygens (including phenoxy) is 1. The highest BCUT2D eigenvalue weighted by molar-refractivity contribution is 5.80. The summed E-state index contributed by atoms with van der Waals surface area (Å²) >= 11 is 0. The molecule has 146 valence electrons. The van der Waals surface area contributed by atoms with E-state index in [4.69, 9.17) is 4.74 Å². The molecule has 0 bridgehead atoms. The van der Waals surface area contributed by atoms with Crippen LogP contribution in [0.3, 0.4) is 0 Å². The van der Waals surface area contributed by atoms with Gasteiger partial charge < -0.3 is 14.5 Å². The van der Waals surface area contributed by atoms with E-state index in [9.17, 15) is 9.59 Å². The minimum Gasteiger partial charge on any atom is -0.446 e. The first-order chi connectivity index (χ1) is 12.7. The molecule has 5 nitrogen and oxygen atoms in total. The predicted octanol–water partition coefficient (Wildman–Crippen LogP) is 3.96. The molecule has 0 N–H and O–H groups in total. The zero-order valence-corrected chi connectivity index (χ0v) is 16.0. The van der Waals surface area contributed by atoms with Crippen molar-refractivity contribution in [2.75, 3.05) is 19.6 Å². The molecule has 0 radical (unpaired) electrons. The van der Waals surface area contributed by atoms with E-state index in [-0.39, 0.29) is 12.2 Å². The van der Waals surface area contributed by atoms with Gasteiger partial charge in [0.05, 0.1) is 0 Å². The normalized spacial score (nSPS) is 28.8. The van der Waals surface area contributed by atoms with Gasteiger partial charge in [-0.05, 0) is 76.5 Å². The zero-order valence-electron chi connectivity index (χ0n) is 16.0. The van der Waals surface area contributed by atoms with Crippen LogP contribution in [-0.2, 0) is 9.53 Å². The maximum Gasteiger partial charge on any atom is 0.410 e. The van der Waals surface area contributed by atoms with E-state index >= 15 is 0 Å². The van der Waals surface area contributed by atoms with Crippen molar-refractivity contribution in [1.82, 2.24) is 9.80 Å². The van der Waals surface area contributed by atoms with Crippen molar-refractivity contribution in [3.8, 4) is 0 Å². The van der Waals surface area contributed by atoms with Crippen LogP contribution in [0.1, 0.15) is 77.0 Å². The van der Waals surface area contributed by atoms with Gasteiger partial charge in [0, 0.05) is 31.6 Å². The van der Waals surface area contributed by atoms with E-state index in [2.05, 4.69) is 4.90 Å². The van der Waals surface area contributed by atoms with Crippen LogP contribution in [0.25, 0.3) is 0 Å². The van der Waals surface area contributed by atoms with Gasteiger partial charge in [0.25, 0.3) is 0 Å². The Morgan fingerprint density at radius 2 is 1.42 bits per heavy atom. The van der Waals surface area contributed by atoms with Crippen LogP contribution in [0.4, 0.5) is 4.79 Å². The Hall–Kier alpha value is -1.26. The van der Waals surface area contributed by atoms with Gasteiger partial charge in [0.1, 0.15) is 6.10 Å². The van der Waals surface area contributed by atoms with Crippen LogP contribution in [0, 0.1) is 11.8 Å². The average molecular weight is 363 g/mol. The van der Waals surface area contributed by atoms with Crippen molar-refractivity contribution in [2.45, 2.75) is 89.2 Å². The first kappa shape index (κ1) is 18.1. The Labute approximate surface area is 157 Å². The number of hydrogen-bond donors (Lipinski definition) is 0. The molecule has 26 heavy (non-hydrogen) atoms. The van der Waals surface area contributed by atoms with Crippen LogP contribution in [0.2, 0.25) is 0 Å². The molecular formula is C21H34N2O3. The van der Waals surface area contributed by atoms with Gasteiger partial charge in [-0.2, -0.15) is 0 Å². The molecule has 2 aliphatic heterocycles. The van der Waals surface area contributed by atoms with Gasteiger partial charge >= 0.3 is 6.09 Å². The van der Waals surface area contributed by atoms with Crippen LogP contribution >= 0.6 is 0 Å². The number of carbonyl (C=O) groups excluding carboxylic acids is 2. The number of amides is 2. The highest BCUT2D eigenvalue weighted by atomic mass is 16.6. The zero-order chi connectivity index (χ0) is 17.9. The van der Waals surface area contributed by atoms with E-state index < -0.39 is 0 Å². The Bertz CT molecular complexity index is 505. The number of carbonyl (C=O) groups is 2. The third-order valence-corrected chi connectivity index (χ3v) is 7.20. The second-order valence-corrected chi connectivity index (χ2v) is 8.84. The minimum atomic E-state index is -0.110. The van der Waals surface area contributed by atoms with Crippen molar-refractivity contribution in [1.29, 1.82) is 0 Å². The van der Waals surface area contributed by atoms with Gasteiger partial charge in [-0.25, -0.2) is 4.79 Å². The van der Waals surface area contributed by atoms with Crippen molar-refractivity contribution >= 4 is 12.0 Å². The summed E-state index contributed by atoms with van der Waals surface area (Å²) in [5.74, 6) is 1.27. The molecule has 0 aromatic carbocycles. The third-order valence-electron chi connectivity index (χ3n) is 7.20. The Morgan fingerprint density at radius 1 is 0.731 bits per heavy atom. The van der Waals surface area contributed by atoms with Crippen LogP contribution in [0.5, 0.6) is 0 Å². The van der Waals surface area contributed by atoms with Gasteiger partial charge in [0.15, 0.2) is 0 Å². The topological polar surface area (TPSA) is 49.9 Å². The molecule has 2 aliphatic carbocycles. The molecule has 0 aromatic rings. The summed E-state index contributed by atoms with van der Waals surface area (Å²) in [6, 6.07) is 0.407. The molecule has 0 aromatic heterocycles. The Balaban J connectivity index is 1.29. The molecule has 2 heterocycles. The molecule has 2 amide bonds. The van der Waals surface area contributed by atoms with Crippen LogP contribution in [0.15, 0.2) is 0 Å². The van der Waals surface area contributed by atoms with Gasteiger partial charge in [0.2, 0.25) is 5.91 Å². The summed E-state index contributed by atoms with van der Waals surface area (Å²) in [4.78, 5) is 29.4. The summed E-state index contributed by atoms with van der Waals surface area (Å²) in [6.45, 7) is 2.53. The summed E-state index contributed by atoms with van der Waals surface area (Å²) in [6.07, 6.45) is 13.4.